The van der Waals surface area contributed by atoms with Crippen LogP contribution in [-0.2, 0) is 6.54 Å². The number of aryl methyl sites for hydroxylation is 1. The summed E-state index contributed by atoms with van der Waals surface area (Å²) < 4.78 is 2.11. The Morgan fingerprint density at radius 1 is 1.45 bits per heavy atom. The molecule has 20 heavy (non-hydrogen) atoms. The molecule has 0 atom stereocenters. The molecule has 0 radical (unpaired) electrons. The second-order valence-corrected chi connectivity index (χ2v) is 5.50. The monoisotopic (exact) mass is 269 g/mol. The van der Waals surface area contributed by atoms with E-state index in [1.54, 1.807) is 11.1 Å². The van der Waals surface area contributed by atoms with Crippen LogP contribution in [0.25, 0.3) is 0 Å². The summed E-state index contributed by atoms with van der Waals surface area (Å²) in [5, 5.41) is 0. The smallest absolute Gasteiger partial charge is 0.270 e. The molecule has 0 bridgehead atoms. The summed E-state index contributed by atoms with van der Waals surface area (Å²) >= 11 is 0. The van der Waals surface area contributed by atoms with Crippen molar-refractivity contribution in [2.45, 2.75) is 32.4 Å². The summed E-state index contributed by atoms with van der Waals surface area (Å²) in [7, 11) is 1.85. The molecule has 104 valence electrons. The minimum atomic E-state index is 0.0816. The number of rotatable bonds is 4. The van der Waals surface area contributed by atoms with Crippen LogP contribution in [0.15, 0.2) is 36.8 Å². The van der Waals surface area contributed by atoms with E-state index >= 15 is 0 Å². The first kappa shape index (κ1) is 12.9. The Morgan fingerprint density at radius 3 is 2.95 bits per heavy atom. The van der Waals surface area contributed by atoms with Crippen molar-refractivity contribution in [2.24, 2.45) is 0 Å². The molecule has 0 saturated heterocycles. The lowest BCUT2D eigenvalue weighted by atomic mass is 10.1. The van der Waals surface area contributed by atoms with Gasteiger partial charge in [0.1, 0.15) is 5.69 Å². The van der Waals surface area contributed by atoms with Crippen molar-refractivity contribution >= 4 is 5.91 Å². The Kier molecular flexibility index (Phi) is 3.30. The standard InChI is InChI=1S/C16H19N3O/c1-12-10-17-8-7-13(12)11-18(2)16(20)15-4-3-9-19(15)14-5-6-14/h3-4,7-10,14H,5-6,11H2,1-2H3. The Bertz CT molecular complexity index is 628. The average Bonchev–Trinajstić information content (AvgIpc) is 3.18. The predicted octanol–water partition coefficient (Wildman–Crippen LogP) is 2.80. The molecule has 4 nitrogen and oxygen atoms in total. The van der Waals surface area contributed by atoms with Gasteiger partial charge in [-0.05, 0) is 49.1 Å². The molecule has 0 aliphatic heterocycles. The number of hydrogen-bond donors (Lipinski definition) is 0. The van der Waals surface area contributed by atoms with E-state index in [-0.39, 0.29) is 5.91 Å². The number of pyridine rings is 1. The minimum Gasteiger partial charge on any atom is -0.340 e. The number of carbonyl (C=O) groups excluding carboxylic acids is 1. The first-order valence-corrected chi connectivity index (χ1v) is 6.98. The molecule has 1 fully saturated rings. The zero-order valence-electron chi connectivity index (χ0n) is 11.9. The van der Waals surface area contributed by atoms with E-state index in [1.807, 2.05) is 44.6 Å². The van der Waals surface area contributed by atoms with E-state index < -0.39 is 0 Å². The summed E-state index contributed by atoms with van der Waals surface area (Å²) in [6.45, 7) is 2.64. The molecular formula is C16H19N3O. The Labute approximate surface area is 119 Å². The lowest BCUT2D eigenvalue weighted by Gasteiger charge is -2.19. The van der Waals surface area contributed by atoms with Crippen molar-refractivity contribution in [1.29, 1.82) is 0 Å². The summed E-state index contributed by atoms with van der Waals surface area (Å²) in [6.07, 6.45) is 7.98. The molecule has 1 aliphatic rings. The van der Waals surface area contributed by atoms with E-state index in [2.05, 4.69) is 9.55 Å². The second kappa shape index (κ2) is 5.12. The van der Waals surface area contributed by atoms with Gasteiger partial charge >= 0.3 is 0 Å². The molecule has 0 aromatic carbocycles. The molecule has 4 heteroatoms. The average molecular weight is 269 g/mol. The molecule has 3 rings (SSSR count). The number of nitrogens with zero attached hydrogens (tertiary/aromatic N) is 3. The van der Waals surface area contributed by atoms with Gasteiger partial charge < -0.3 is 9.47 Å². The van der Waals surface area contributed by atoms with Crippen molar-refractivity contribution in [3.05, 3.63) is 53.6 Å². The zero-order chi connectivity index (χ0) is 14.1. The zero-order valence-corrected chi connectivity index (χ0v) is 11.9. The maximum Gasteiger partial charge on any atom is 0.270 e. The summed E-state index contributed by atoms with van der Waals surface area (Å²) in [4.78, 5) is 18.4. The van der Waals surface area contributed by atoms with Crippen molar-refractivity contribution in [3.8, 4) is 0 Å². The predicted molar refractivity (Wildman–Crippen MR) is 77.5 cm³/mol. The molecule has 1 aliphatic carbocycles. The quantitative estimate of drug-likeness (QED) is 0.856. The summed E-state index contributed by atoms with van der Waals surface area (Å²) in [5.74, 6) is 0.0816. The Hall–Kier alpha value is -2.10. The fourth-order valence-corrected chi connectivity index (χ4v) is 2.45. The number of aromatic nitrogens is 2. The minimum absolute atomic E-state index is 0.0816. The van der Waals surface area contributed by atoms with Gasteiger partial charge in [0.15, 0.2) is 0 Å². The number of hydrogen-bond acceptors (Lipinski definition) is 2. The highest BCUT2D eigenvalue weighted by Gasteiger charge is 2.27. The van der Waals surface area contributed by atoms with Crippen molar-refractivity contribution in [3.63, 3.8) is 0 Å². The molecule has 2 aromatic heterocycles. The van der Waals surface area contributed by atoms with Gasteiger partial charge in [-0.3, -0.25) is 9.78 Å². The summed E-state index contributed by atoms with van der Waals surface area (Å²) in [5.41, 5.74) is 3.05. The van der Waals surface area contributed by atoms with Gasteiger partial charge in [-0.25, -0.2) is 0 Å². The Morgan fingerprint density at radius 2 is 2.25 bits per heavy atom. The fourth-order valence-electron chi connectivity index (χ4n) is 2.45. The lowest BCUT2D eigenvalue weighted by molar-refractivity contribution is 0.0774. The van der Waals surface area contributed by atoms with Gasteiger partial charge in [-0.1, -0.05) is 0 Å². The van der Waals surface area contributed by atoms with Crippen LogP contribution >= 0.6 is 0 Å². The molecule has 0 spiro atoms. The van der Waals surface area contributed by atoms with E-state index in [1.165, 1.54) is 12.8 Å². The van der Waals surface area contributed by atoms with Gasteiger partial charge in [0.25, 0.3) is 5.91 Å². The fraction of sp³-hybridized carbons (Fsp3) is 0.375. The molecule has 0 N–H and O–H groups in total. The van der Waals surface area contributed by atoms with E-state index in [9.17, 15) is 4.79 Å². The van der Waals surface area contributed by atoms with Crippen LogP contribution in [0.4, 0.5) is 0 Å². The Balaban J connectivity index is 1.76. The van der Waals surface area contributed by atoms with Crippen LogP contribution < -0.4 is 0 Å². The maximum atomic E-state index is 12.6. The van der Waals surface area contributed by atoms with Crippen LogP contribution in [0, 0.1) is 6.92 Å². The topological polar surface area (TPSA) is 38.1 Å². The van der Waals surface area contributed by atoms with Gasteiger partial charge in [0.05, 0.1) is 0 Å². The molecular weight excluding hydrogens is 250 g/mol. The van der Waals surface area contributed by atoms with E-state index in [4.69, 9.17) is 0 Å². The van der Waals surface area contributed by atoms with Crippen molar-refractivity contribution in [1.82, 2.24) is 14.5 Å². The van der Waals surface area contributed by atoms with Crippen LogP contribution in [0.2, 0.25) is 0 Å². The lowest BCUT2D eigenvalue weighted by Crippen LogP contribution is -2.28. The second-order valence-electron chi connectivity index (χ2n) is 5.50. The van der Waals surface area contributed by atoms with Gasteiger partial charge in [-0.15, -0.1) is 0 Å². The highest BCUT2D eigenvalue weighted by molar-refractivity contribution is 5.92. The van der Waals surface area contributed by atoms with Crippen LogP contribution in [0.3, 0.4) is 0 Å². The third-order valence-electron chi connectivity index (χ3n) is 3.83. The number of carbonyl (C=O) groups is 1. The normalized spacial score (nSPS) is 14.3. The first-order chi connectivity index (χ1) is 9.66. The first-order valence-electron chi connectivity index (χ1n) is 6.98. The van der Waals surface area contributed by atoms with Crippen molar-refractivity contribution in [2.75, 3.05) is 7.05 Å². The van der Waals surface area contributed by atoms with E-state index in [0.717, 1.165) is 16.8 Å². The largest absolute Gasteiger partial charge is 0.340 e. The van der Waals surface area contributed by atoms with Crippen LogP contribution in [-0.4, -0.2) is 27.4 Å². The van der Waals surface area contributed by atoms with Gasteiger partial charge in [0, 0.05) is 38.2 Å². The third-order valence-corrected chi connectivity index (χ3v) is 3.83. The molecule has 1 amide bonds. The third kappa shape index (κ3) is 2.46. The van der Waals surface area contributed by atoms with Crippen LogP contribution in [0.1, 0.15) is 40.5 Å². The molecule has 0 unspecified atom stereocenters. The molecule has 2 aromatic rings. The highest BCUT2D eigenvalue weighted by atomic mass is 16.2. The number of amides is 1. The van der Waals surface area contributed by atoms with Crippen molar-refractivity contribution < 1.29 is 4.79 Å². The van der Waals surface area contributed by atoms with Crippen LogP contribution in [0.5, 0.6) is 0 Å². The van der Waals surface area contributed by atoms with E-state index in [0.29, 0.717) is 12.6 Å². The SMILES string of the molecule is Cc1cnccc1CN(C)C(=O)c1cccn1C1CC1. The molecule has 1 saturated carbocycles. The maximum absolute atomic E-state index is 12.6. The van der Waals surface area contributed by atoms with Gasteiger partial charge in [-0.2, -0.15) is 0 Å². The van der Waals surface area contributed by atoms with Gasteiger partial charge in [0.2, 0.25) is 0 Å². The summed E-state index contributed by atoms with van der Waals surface area (Å²) in [6, 6.07) is 6.37. The highest BCUT2D eigenvalue weighted by Crippen LogP contribution is 2.36. The molecule has 2 heterocycles.